The van der Waals surface area contributed by atoms with Gasteiger partial charge in [0.2, 0.25) is 0 Å². The Labute approximate surface area is 131 Å². The first-order chi connectivity index (χ1) is 10.8. The van der Waals surface area contributed by atoms with E-state index in [1.165, 1.54) is 29.6 Å². The van der Waals surface area contributed by atoms with E-state index in [4.69, 9.17) is 0 Å². The first kappa shape index (κ1) is 13.6. The second-order valence-electron chi connectivity index (χ2n) is 6.29. The van der Waals surface area contributed by atoms with Crippen molar-refractivity contribution in [3.8, 4) is 0 Å². The third kappa shape index (κ3) is 2.66. The van der Waals surface area contributed by atoms with Crippen LogP contribution in [0.25, 0.3) is 10.9 Å². The zero-order chi connectivity index (χ0) is 14.9. The molecule has 1 aliphatic rings. The van der Waals surface area contributed by atoms with Crippen molar-refractivity contribution in [1.29, 1.82) is 0 Å². The van der Waals surface area contributed by atoms with Crippen molar-refractivity contribution >= 4 is 10.9 Å². The Morgan fingerprint density at radius 1 is 1.18 bits per heavy atom. The number of aromatic nitrogens is 3. The number of likely N-dealkylation sites (N-methyl/N-ethyl adjacent to an activating group) is 1. The van der Waals surface area contributed by atoms with Crippen molar-refractivity contribution in [2.75, 3.05) is 13.6 Å². The van der Waals surface area contributed by atoms with Gasteiger partial charge in [0.1, 0.15) is 5.82 Å². The summed E-state index contributed by atoms with van der Waals surface area (Å²) in [6.07, 6.45) is 8.86. The maximum Gasteiger partial charge on any atom is 0.123 e. The molecule has 1 saturated carbocycles. The fourth-order valence-electron chi connectivity index (χ4n) is 3.09. The Hall–Kier alpha value is -2.07. The molecule has 4 nitrogen and oxygen atoms in total. The van der Waals surface area contributed by atoms with E-state index >= 15 is 0 Å². The summed E-state index contributed by atoms with van der Waals surface area (Å²) in [5.41, 5.74) is 1.32. The summed E-state index contributed by atoms with van der Waals surface area (Å²) in [5.74, 6) is 1.20. The quantitative estimate of drug-likeness (QED) is 0.697. The molecule has 0 atom stereocenters. The van der Waals surface area contributed by atoms with E-state index in [-0.39, 0.29) is 0 Å². The van der Waals surface area contributed by atoms with Gasteiger partial charge in [-0.05, 0) is 37.4 Å². The van der Waals surface area contributed by atoms with Gasteiger partial charge in [0, 0.05) is 43.2 Å². The fraction of sp³-hybridized carbons (Fsp3) is 0.389. The molecule has 0 aliphatic heterocycles. The number of fused-ring (bicyclic) bond motifs is 1. The van der Waals surface area contributed by atoms with E-state index in [1.54, 1.807) is 0 Å². The summed E-state index contributed by atoms with van der Waals surface area (Å²) in [6.45, 7) is 2.95. The van der Waals surface area contributed by atoms with Gasteiger partial charge < -0.3 is 9.13 Å². The normalized spacial score (nSPS) is 15.0. The van der Waals surface area contributed by atoms with Crippen LogP contribution in [0, 0.1) is 0 Å². The van der Waals surface area contributed by atoms with Crippen LogP contribution in [0.5, 0.6) is 0 Å². The van der Waals surface area contributed by atoms with Crippen molar-refractivity contribution < 1.29 is 0 Å². The van der Waals surface area contributed by atoms with Crippen LogP contribution in [0.3, 0.4) is 0 Å². The molecule has 0 amide bonds. The number of rotatable bonds is 6. The van der Waals surface area contributed by atoms with Crippen LogP contribution in [0.4, 0.5) is 0 Å². The largest absolute Gasteiger partial charge is 0.346 e. The van der Waals surface area contributed by atoms with Crippen LogP contribution in [0.15, 0.2) is 48.9 Å². The topological polar surface area (TPSA) is 26.0 Å². The predicted octanol–water partition coefficient (Wildman–Crippen LogP) is 3.30. The molecule has 2 aromatic heterocycles. The van der Waals surface area contributed by atoms with Crippen molar-refractivity contribution in [1.82, 2.24) is 19.0 Å². The van der Waals surface area contributed by atoms with Crippen LogP contribution in [-0.2, 0) is 13.1 Å². The van der Waals surface area contributed by atoms with Gasteiger partial charge >= 0.3 is 0 Å². The Balaban J connectivity index is 1.40. The van der Waals surface area contributed by atoms with Crippen LogP contribution >= 0.6 is 0 Å². The molecule has 4 rings (SSSR count). The molecule has 114 valence electrons. The molecule has 0 bridgehead atoms. The summed E-state index contributed by atoms with van der Waals surface area (Å²) < 4.78 is 4.68. The van der Waals surface area contributed by atoms with Gasteiger partial charge in [-0.1, -0.05) is 18.2 Å². The summed E-state index contributed by atoms with van der Waals surface area (Å²) in [5, 5.41) is 1.31. The highest BCUT2D eigenvalue weighted by Crippen LogP contribution is 2.35. The molecule has 0 unspecified atom stereocenters. The second kappa shape index (κ2) is 5.61. The van der Waals surface area contributed by atoms with Gasteiger partial charge in [0.15, 0.2) is 0 Å². The Morgan fingerprint density at radius 3 is 2.91 bits per heavy atom. The van der Waals surface area contributed by atoms with E-state index in [2.05, 4.69) is 68.8 Å². The van der Waals surface area contributed by atoms with Gasteiger partial charge in [-0.25, -0.2) is 4.98 Å². The number of hydrogen-bond donors (Lipinski definition) is 0. The molecule has 4 heteroatoms. The van der Waals surface area contributed by atoms with Gasteiger partial charge in [-0.2, -0.15) is 0 Å². The molecule has 3 aromatic rings. The Bertz CT molecular complexity index is 766. The van der Waals surface area contributed by atoms with Crippen molar-refractivity contribution in [3.63, 3.8) is 0 Å². The second-order valence-corrected chi connectivity index (χ2v) is 6.29. The number of imidazole rings is 1. The molecule has 0 N–H and O–H groups in total. The van der Waals surface area contributed by atoms with E-state index in [1.807, 2.05) is 6.20 Å². The van der Waals surface area contributed by atoms with E-state index in [0.717, 1.165) is 19.6 Å². The molecule has 0 saturated heterocycles. The summed E-state index contributed by atoms with van der Waals surface area (Å²) in [7, 11) is 2.18. The molecule has 1 aromatic carbocycles. The monoisotopic (exact) mass is 294 g/mol. The zero-order valence-electron chi connectivity index (χ0n) is 13.0. The predicted molar refractivity (Wildman–Crippen MR) is 88.8 cm³/mol. The summed E-state index contributed by atoms with van der Waals surface area (Å²) in [6, 6.07) is 11.5. The van der Waals surface area contributed by atoms with Crippen LogP contribution in [0.2, 0.25) is 0 Å². The van der Waals surface area contributed by atoms with E-state index < -0.39 is 0 Å². The summed E-state index contributed by atoms with van der Waals surface area (Å²) >= 11 is 0. The number of nitrogens with zero attached hydrogens (tertiary/aromatic N) is 4. The molecule has 2 heterocycles. The van der Waals surface area contributed by atoms with E-state index in [9.17, 15) is 0 Å². The van der Waals surface area contributed by atoms with Gasteiger partial charge in [0.25, 0.3) is 0 Å². The number of para-hydroxylation sites is 1. The van der Waals surface area contributed by atoms with Crippen molar-refractivity contribution in [2.24, 2.45) is 0 Å². The molecule has 22 heavy (non-hydrogen) atoms. The lowest BCUT2D eigenvalue weighted by Gasteiger charge is -2.18. The molecule has 0 spiro atoms. The van der Waals surface area contributed by atoms with Crippen LogP contribution < -0.4 is 0 Å². The maximum atomic E-state index is 4.53. The maximum absolute atomic E-state index is 4.53. The highest BCUT2D eigenvalue weighted by Gasteiger charge is 2.25. The molecular weight excluding hydrogens is 272 g/mol. The van der Waals surface area contributed by atoms with Crippen molar-refractivity contribution in [3.05, 3.63) is 54.7 Å². The van der Waals surface area contributed by atoms with Crippen LogP contribution in [0.1, 0.15) is 24.7 Å². The van der Waals surface area contributed by atoms with E-state index in [0.29, 0.717) is 6.04 Å². The van der Waals surface area contributed by atoms with Gasteiger partial charge in [-0.3, -0.25) is 4.90 Å². The highest BCUT2D eigenvalue weighted by atomic mass is 15.2. The Morgan fingerprint density at radius 2 is 2.05 bits per heavy atom. The smallest absolute Gasteiger partial charge is 0.123 e. The lowest BCUT2D eigenvalue weighted by molar-refractivity contribution is 0.300. The third-order valence-electron chi connectivity index (χ3n) is 4.50. The first-order valence-electron chi connectivity index (χ1n) is 8.05. The molecule has 0 radical (unpaired) electrons. The minimum atomic E-state index is 0.708. The first-order valence-corrected chi connectivity index (χ1v) is 8.05. The number of hydrogen-bond acceptors (Lipinski definition) is 2. The molecule has 1 aliphatic carbocycles. The average Bonchev–Trinajstić information content (AvgIpc) is 3.13. The highest BCUT2D eigenvalue weighted by molar-refractivity contribution is 5.79. The molecular formula is C18H22N4. The third-order valence-corrected chi connectivity index (χ3v) is 4.50. The van der Waals surface area contributed by atoms with Crippen molar-refractivity contribution in [2.45, 2.75) is 32.0 Å². The standard InChI is InChI=1S/C18H22N4/c1-20(14-18-19-9-11-22(18)16-6-7-16)12-13-21-10-8-15-4-2-3-5-17(15)21/h2-5,8-11,16H,6-7,12-14H2,1H3. The summed E-state index contributed by atoms with van der Waals surface area (Å²) in [4.78, 5) is 6.88. The van der Waals surface area contributed by atoms with Gasteiger partial charge in [-0.15, -0.1) is 0 Å². The molecule has 1 fully saturated rings. The van der Waals surface area contributed by atoms with Crippen LogP contribution in [-0.4, -0.2) is 32.6 Å². The average molecular weight is 294 g/mol. The lowest BCUT2D eigenvalue weighted by Crippen LogP contribution is -2.24. The number of benzene rings is 1. The zero-order valence-corrected chi connectivity index (χ0v) is 13.0. The Kier molecular flexibility index (Phi) is 3.47. The lowest BCUT2D eigenvalue weighted by atomic mass is 10.2. The SMILES string of the molecule is CN(CCn1ccc2ccccc21)Cc1nccn1C1CC1. The minimum absolute atomic E-state index is 0.708. The minimum Gasteiger partial charge on any atom is -0.346 e. The fourth-order valence-corrected chi connectivity index (χ4v) is 3.09. The van der Waals surface area contributed by atoms with Gasteiger partial charge in [0.05, 0.1) is 6.54 Å².